The third-order valence-corrected chi connectivity index (χ3v) is 4.99. The lowest BCUT2D eigenvalue weighted by molar-refractivity contribution is 0.281. The second-order valence-corrected chi connectivity index (χ2v) is 6.48. The molecule has 0 atom stereocenters. The Morgan fingerprint density at radius 1 is 1.08 bits per heavy atom. The predicted octanol–water partition coefficient (Wildman–Crippen LogP) is 3.85. The molecule has 2 N–H and O–H groups in total. The van der Waals surface area contributed by atoms with Crippen LogP contribution in [0.4, 0.5) is 0 Å². The molecule has 120 valence electrons. The van der Waals surface area contributed by atoms with Crippen LogP contribution in [-0.4, -0.2) is 27.6 Å². The van der Waals surface area contributed by atoms with Crippen molar-refractivity contribution in [2.45, 2.75) is 6.61 Å². The number of hydrogen-bond acceptors (Lipinski definition) is 5. The Morgan fingerprint density at radius 2 is 1.92 bits per heavy atom. The molecule has 0 bridgehead atoms. The van der Waals surface area contributed by atoms with E-state index in [1.165, 1.54) is 10.1 Å². The second-order valence-electron chi connectivity index (χ2n) is 5.40. The van der Waals surface area contributed by atoms with Crippen LogP contribution in [0.25, 0.3) is 31.9 Å². The van der Waals surface area contributed by atoms with Gasteiger partial charge in [-0.15, -0.1) is 11.3 Å². The van der Waals surface area contributed by atoms with Gasteiger partial charge >= 0.3 is 0 Å². The zero-order valence-electron chi connectivity index (χ0n) is 13.0. The number of fused-ring (bicyclic) bond motifs is 1. The van der Waals surface area contributed by atoms with Crippen LogP contribution in [0.3, 0.4) is 0 Å². The van der Waals surface area contributed by atoms with Crippen molar-refractivity contribution in [2.24, 2.45) is 0 Å². The number of aromatic nitrogens is 3. The van der Waals surface area contributed by atoms with E-state index < -0.39 is 0 Å². The quantitative estimate of drug-likeness (QED) is 0.593. The van der Waals surface area contributed by atoms with Crippen molar-refractivity contribution >= 4 is 21.4 Å². The first-order valence-corrected chi connectivity index (χ1v) is 8.29. The molecule has 0 aliphatic heterocycles. The molecule has 6 heteroatoms. The molecule has 24 heavy (non-hydrogen) atoms. The van der Waals surface area contributed by atoms with Gasteiger partial charge in [0.1, 0.15) is 17.1 Å². The molecule has 0 aliphatic carbocycles. The first-order chi connectivity index (χ1) is 11.8. The van der Waals surface area contributed by atoms with Gasteiger partial charge in [0.05, 0.1) is 18.6 Å². The van der Waals surface area contributed by atoms with E-state index in [4.69, 9.17) is 4.74 Å². The number of thiophene rings is 1. The van der Waals surface area contributed by atoms with Gasteiger partial charge < -0.3 is 9.84 Å². The third-order valence-electron chi connectivity index (χ3n) is 3.86. The van der Waals surface area contributed by atoms with Crippen molar-refractivity contribution in [1.29, 1.82) is 0 Å². The number of nitrogens with zero attached hydrogens (tertiary/aromatic N) is 2. The molecule has 2 aromatic heterocycles. The summed E-state index contributed by atoms with van der Waals surface area (Å²) in [5, 5.41) is 22.0. The molecule has 2 aromatic carbocycles. The molecule has 4 aromatic rings. The van der Waals surface area contributed by atoms with E-state index in [0.717, 1.165) is 27.4 Å². The number of H-pyrrole nitrogens is 1. The van der Waals surface area contributed by atoms with Gasteiger partial charge in [-0.2, -0.15) is 15.4 Å². The second kappa shape index (κ2) is 6.07. The minimum atomic E-state index is -0.0553. The van der Waals surface area contributed by atoms with Crippen molar-refractivity contribution in [3.8, 4) is 27.6 Å². The van der Waals surface area contributed by atoms with E-state index in [-0.39, 0.29) is 6.61 Å². The third kappa shape index (κ3) is 2.55. The molecule has 0 spiro atoms. The fraction of sp³-hybridized carbons (Fsp3) is 0.111. The van der Waals surface area contributed by atoms with Gasteiger partial charge in [-0.25, -0.2) is 0 Å². The maximum Gasteiger partial charge on any atom is 0.130 e. The van der Waals surface area contributed by atoms with E-state index in [2.05, 4.69) is 33.6 Å². The minimum Gasteiger partial charge on any atom is -0.497 e. The molecular weight excluding hydrogens is 322 g/mol. The van der Waals surface area contributed by atoms with Gasteiger partial charge in [-0.1, -0.05) is 18.2 Å². The molecule has 0 amide bonds. The zero-order valence-corrected chi connectivity index (χ0v) is 13.8. The molecule has 0 radical (unpaired) electrons. The average Bonchev–Trinajstić information content (AvgIpc) is 3.27. The van der Waals surface area contributed by atoms with Crippen molar-refractivity contribution in [3.63, 3.8) is 0 Å². The van der Waals surface area contributed by atoms with E-state index in [9.17, 15) is 5.11 Å². The SMILES string of the molecule is COc1cc(CO)cc(-c2n[nH]nc2-c2cc3ccccc3s2)c1. The van der Waals surface area contributed by atoms with Crippen molar-refractivity contribution in [2.75, 3.05) is 7.11 Å². The van der Waals surface area contributed by atoms with Gasteiger partial charge in [0, 0.05) is 10.3 Å². The summed E-state index contributed by atoms with van der Waals surface area (Å²) in [6, 6.07) is 16.0. The van der Waals surface area contributed by atoms with Crippen LogP contribution in [0.2, 0.25) is 0 Å². The number of benzene rings is 2. The van der Waals surface area contributed by atoms with Crippen LogP contribution < -0.4 is 4.74 Å². The van der Waals surface area contributed by atoms with Crippen LogP contribution in [0.5, 0.6) is 5.75 Å². The Labute approximate surface area is 142 Å². The molecule has 0 saturated heterocycles. The van der Waals surface area contributed by atoms with Gasteiger partial charge in [-0.3, -0.25) is 0 Å². The highest BCUT2D eigenvalue weighted by molar-refractivity contribution is 7.22. The summed E-state index contributed by atoms with van der Waals surface area (Å²) in [6.07, 6.45) is 0. The Balaban J connectivity index is 1.85. The summed E-state index contributed by atoms with van der Waals surface area (Å²) in [5.41, 5.74) is 3.18. The highest BCUT2D eigenvalue weighted by Gasteiger charge is 2.16. The van der Waals surface area contributed by atoms with E-state index in [1.54, 1.807) is 18.4 Å². The number of aliphatic hydroxyl groups excluding tert-OH is 1. The monoisotopic (exact) mass is 337 g/mol. The number of rotatable bonds is 4. The number of aromatic amines is 1. The lowest BCUT2D eigenvalue weighted by Gasteiger charge is -2.06. The maximum atomic E-state index is 9.46. The molecular formula is C18H15N3O2S. The summed E-state index contributed by atoms with van der Waals surface area (Å²) >= 11 is 1.68. The Kier molecular flexibility index (Phi) is 3.76. The molecule has 2 heterocycles. The molecule has 5 nitrogen and oxygen atoms in total. The van der Waals surface area contributed by atoms with Crippen LogP contribution in [0.15, 0.2) is 48.5 Å². The summed E-state index contributed by atoms with van der Waals surface area (Å²) in [5.74, 6) is 0.682. The van der Waals surface area contributed by atoms with E-state index in [0.29, 0.717) is 5.75 Å². The minimum absolute atomic E-state index is 0.0553. The smallest absolute Gasteiger partial charge is 0.130 e. The number of hydrogen-bond donors (Lipinski definition) is 2. The highest BCUT2D eigenvalue weighted by atomic mass is 32.1. The van der Waals surface area contributed by atoms with Crippen molar-refractivity contribution in [1.82, 2.24) is 15.4 Å². The molecule has 0 aliphatic rings. The topological polar surface area (TPSA) is 71.0 Å². The summed E-state index contributed by atoms with van der Waals surface area (Å²) in [7, 11) is 1.61. The standard InChI is InChI=1S/C18H15N3O2S/c1-23-14-7-11(10-22)6-13(8-14)17-18(20-21-19-17)16-9-12-4-2-3-5-15(12)24-16/h2-9,22H,10H2,1H3,(H,19,20,21). The number of aliphatic hydroxyl groups is 1. The lowest BCUT2D eigenvalue weighted by Crippen LogP contribution is -1.91. The van der Waals surface area contributed by atoms with Crippen LogP contribution in [-0.2, 0) is 6.61 Å². The molecule has 0 fully saturated rings. The van der Waals surface area contributed by atoms with Gasteiger partial charge in [-0.05, 0) is 41.3 Å². The largest absolute Gasteiger partial charge is 0.497 e. The summed E-state index contributed by atoms with van der Waals surface area (Å²) < 4.78 is 6.53. The fourth-order valence-corrected chi connectivity index (χ4v) is 3.76. The predicted molar refractivity (Wildman–Crippen MR) is 95.1 cm³/mol. The van der Waals surface area contributed by atoms with E-state index in [1.807, 2.05) is 30.3 Å². The summed E-state index contributed by atoms with van der Waals surface area (Å²) in [6.45, 7) is -0.0553. The Bertz CT molecular complexity index is 951. The zero-order chi connectivity index (χ0) is 16.5. The maximum absolute atomic E-state index is 9.46. The fourth-order valence-electron chi connectivity index (χ4n) is 2.71. The average molecular weight is 337 g/mol. The van der Waals surface area contributed by atoms with Crippen LogP contribution in [0.1, 0.15) is 5.56 Å². The van der Waals surface area contributed by atoms with Crippen molar-refractivity contribution < 1.29 is 9.84 Å². The lowest BCUT2D eigenvalue weighted by atomic mass is 10.1. The van der Waals surface area contributed by atoms with Gasteiger partial charge in [0.15, 0.2) is 0 Å². The molecule has 4 rings (SSSR count). The normalized spacial score (nSPS) is 11.1. The first kappa shape index (κ1) is 14.9. The summed E-state index contributed by atoms with van der Waals surface area (Å²) in [4.78, 5) is 1.05. The number of ether oxygens (including phenoxy) is 1. The molecule has 0 saturated carbocycles. The van der Waals surface area contributed by atoms with Gasteiger partial charge in [0.2, 0.25) is 0 Å². The number of methoxy groups -OCH3 is 1. The first-order valence-electron chi connectivity index (χ1n) is 7.47. The van der Waals surface area contributed by atoms with Gasteiger partial charge in [0.25, 0.3) is 0 Å². The van der Waals surface area contributed by atoms with Crippen LogP contribution >= 0.6 is 11.3 Å². The number of nitrogens with one attached hydrogen (secondary N) is 1. The molecule has 0 unspecified atom stereocenters. The Hall–Kier alpha value is -2.70. The van der Waals surface area contributed by atoms with Crippen molar-refractivity contribution in [3.05, 3.63) is 54.1 Å². The van der Waals surface area contributed by atoms with E-state index >= 15 is 0 Å². The Morgan fingerprint density at radius 3 is 2.71 bits per heavy atom. The highest BCUT2D eigenvalue weighted by Crippen LogP contribution is 2.37. The van der Waals surface area contributed by atoms with Crippen LogP contribution in [0, 0.1) is 0 Å².